The molecule has 0 aliphatic heterocycles. The van der Waals surface area contributed by atoms with Crippen LogP contribution in [0.1, 0.15) is 4.88 Å². The van der Waals surface area contributed by atoms with E-state index >= 15 is 0 Å². The zero-order valence-electron chi connectivity index (χ0n) is 13.1. The maximum Gasteiger partial charge on any atom is 0.229 e. The van der Waals surface area contributed by atoms with Gasteiger partial charge in [-0.25, -0.2) is 4.39 Å². The van der Waals surface area contributed by atoms with Gasteiger partial charge in [-0.1, -0.05) is 18.2 Å². The van der Waals surface area contributed by atoms with Gasteiger partial charge in [0.05, 0.1) is 11.9 Å². The van der Waals surface area contributed by atoms with E-state index < -0.39 is 0 Å². The fourth-order valence-electron chi connectivity index (χ4n) is 2.72. The average molecular weight is 351 g/mol. The minimum atomic E-state index is -0.311. The van der Waals surface area contributed by atoms with Gasteiger partial charge in [0.25, 0.3) is 0 Å². The molecular weight excluding hydrogens is 337 g/mol. The van der Waals surface area contributed by atoms with Crippen LogP contribution in [0.4, 0.5) is 10.1 Å². The molecule has 0 spiro atoms. The van der Waals surface area contributed by atoms with Crippen molar-refractivity contribution in [3.05, 3.63) is 70.7 Å². The first-order valence-electron chi connectivity index (χ1n) is 7.75. The molecule has 2 heterocycles. The fraction of sp³-hybridized carbons (Fsp3) is 0.0526. The lowest BCUT2D eigenvalue weighted by Gasteiger charge is -2.05. The number of H-pyrrole nitrogens is 1. The Balaban J connectivity index is 1.63. The second kappa shape index (κ2) is 6.49. The van der Waals surface area contributed by atoms with Crippen molar-refractivity contribution in [1.29, 1.82) is 0 Å². The summed E-state index contributed by atoms with van der Waals surface area (Å²) >= 11 is 1.56. The number of nitrogens with one attached hydrogen (secondary N) is 2. The van der Waals surface area contributed by atoms with Gasteiger partial charge in [-0.3, -0.25) is 9.89 Å². The minimum Gasteiger partial charge on any atom is -0.326 e. The molecule has 4 aromatic rings. The summed E-state index contributed by atoms with van der Waals surface area (Å²) < 4.78 is 13.5. The molecule has 2 aromatic heterocycles. The monoisotopic (exact) mass is 351 g/mol. The fourth-order valence-corrected chi connectivity index (χ4v) is 3.43. The van der Waals surface area contributed by atoms with Crippen LogP contribution < -0.4 is 5.32 Å². The van der Waals surface area contributed by atoms with Crippen LogP contribution in [0.5, 0.6) is 0 Å². The second-order valence-electron chi connectivity index (χ2n) is 5.65. The van der Waals surface area contributed by atoms with Crippen LogP contribution in [0.2, 0.25) is 0 Å². The summed E-state index contributed by atoms with van der Waals surface area (Å²) in [7, 11) is 0. The number of hydrogen-bond acceptors (Lipinski definition) is 3. The summed E-state index contributed by atoms with van der Waals surface area (Å²) in [6.07, 6.45) is 0.345. The van der Waals surface area contributed by atoms with Crippen LogP contribution >= 0.6 is 11.3 Å². The predicted octanol–water partition coefficient (Wildman–Crippen LogP) is 4.61. The molecule has 0 saturated carbocycles. The van der Waals surface area contributed by atoms with Crippen LogP contribution in [0.3, 0.4) is 0 Å². The topological polar surface area (TPSA) is 57.8 Å². The van der Waals surface area contributed by atoms with Gasteiger partial charge in [0.15, 0.2) is 0 Å². The van der Waals surface area contributed by atoms with Gasteiger partial charge in [0.1, 0.15) is 11.5 Å². The molecular formula is C19H14FN3OS. The highest BCUT2D eigenvalue weighted by Crippen LogP contribution is 2.29. The summed E-state index contributed by atoms with van der Waals surface area (Å²) in [6.45, 7) is 0. The number of hydrogen-bond donors (Lipinski definition) is 2. The molecule has 0 bridgehead atoms. The van der Waals surface area contributed by atoms with Gasteiger partial charge >= 0.3 is 0 Å². The number of halogens is 1. The second-order valence-corrected chi connectivity index (χ2v) is 6.68. The van der Waals surface area contributed by atoms with Crippen molar-refractivity contribution in [1.82, 2.24) is 10.2 Å². The molecule has 1 amide bonds. The zero-order chi connectivity index (χ0) is 17.2. The van der Waals surface area contributed by atoms with Gasteiger partial charge in [-0.2, -0.15) is 5.10 Å². The minimum absolute atomic E-state index is 0.0717. The predicted molar refractivity (Wildman–Crippen MR) is 98.1 cm³/mol. The quantitative estimate of drug-likeness (QED) is 0.564. The number of aromatic nitrogens is 2. The zero-order valence-corrected chi connectivity index (χ0v) is 13.9. The molecule has 4 rings (SSSR count). The number of carbonyl (C=O) groups is 1. The van der Waals surface area contributed by atoms with E-state index in [9.17, 15) is 9.18 Å². The van der Waals surface area contributed by atoms with Crippen molar-refractivity contribution >= 4 is 33.8 Å². The summed E-state index contributed by atoms with van der Waals surface area (Å²) in [5.41, 5.74) is 2.86. The molecule has 6 heteroatoms. The Morgan fingerprint density at radius 2 is 2.08 bits per heavy atom. The van der Waals surface area contributed by atoms with Crippen LogP contribution in [-0.2, 0) is 11.2 Å². The van der Waals surface area contributed by atoms with E-state index in [-0.39, 0.29) is 11.7 Å². The normalized spacial score (nSPS) is 10.9. The molecule has 0 unspecified atom stereocenters. The molecule has 0 fully saturated rings. The molecule has 124 valence electrons. The number of fused-ring (bicyclic) bond motifs is 1. The SMILES string of the molecule is O=C(Cc1cccs1)Nc1ccc2[nH]nc(-c3cccc(F)c3)c2c1. The summed E-state index contributed by atoms with van der Waals surface area (Å²) in [4.78, 5) is 13.2. The van der Waals surface area contributed by atoms with Crippen molar-refractivity contribution in [2.24, 2.45) is 0 Å². The highest BCUT2D eigenvalue weighted by Gasteiger charge is 2.11. The third-order valence-corrected chi connectivity index (χ3v) is 4.74. The standard InChI is InChI=1S/C19H14FN3OS/c20-13-4-1-3-12(9-13)19-16-10-14(6-7-17(16)22-23-19)21-18(24)11-15-5-2-8-25-15/h1-10H,11H2,(H,21,24)(H,22,23). The lowest BCUT2D eigenvalue weighted by Crippen LogP contribution is -2.13. The number of nitrogens with zero attached hydrogens (tertiary/aromatic N) is 1. The number of benzene rings is 2. The van der Waals surface area contributed by atoms with Crippen LogP contribution in [-0.4, -0.2) is 16.1 Å². The largest absolute Gasteiger partial charge is 0.326 e. The number of thiophene rings is 1. The Kier molecular flexibility index (Phi) is 4.03. The third kappa shape index (κ3) is 3.29. The molecule has 25 heavy (non-hydrogen) atoms. The first-order chi connectivity index (χ1) is 12.2. The van der Waals surface area contributed by atoms with E-state index in [0.717, 1.165) is 15.8 Å². The van der Waals surface area contributed by atoms with Gasteiger partial charge in [-0.15, -0.1) is 11.3 Å². The molecule has 0 radical (unpaired) electrons. The smallest absolute Gasteiger partial charge is 0.229 e. The van der Waals surface area contributed by atoms with E-state index in [1.54, 1.807) is 23.5 Å². The van der Waals surface area contributed by atoms with E-state index in [1.165, 1.54) is 12.1 Å². The highest BCUT2D eigenvalue weighted by atomic mass is 32.1. The highest BCUT2D eigenvalue weighted by molar-refractivity contribution is 7.10. The first kappa shape index (κ1) is 15.5. The first-order valence-corrected chi connectivity index (χ1v) is 8.63. The van der Waals surface area contributed by atoms with Crippen LogP contribution in [0.25, 0.3) is 22.2 Å². The lowest BCUT2D eigenvalue weighted by atomic mass is 10.1. The lowest BCUT2D eigenvalue weighted by molar-refractivity contribution is -0.115. The van der Waals surface area contributed by atoms with Crippen molar-refractivity contribution in [2.75, 3.05) is 5.32 Å². The summed E-state index contributed by atoms with van der Waals surface area (Å²) in [5, 5.41) is 12.9. The summed E-state index contributed by atoms with van der Waals surface area (Å²) in [6, 6.07) is 15.7. The van der Waals surface area contributed by atoms with Crippen LogP contribution in [0, 0.1) is 5.82 Å². The van der Waals surface area contributed by atoms with Gasteiger partial charge in [0, 0.05) is 21.5 Å². The Morgan fingerprint density at radius 3 is 2.88 bits per heavy atom. The molecule has 4 nitrogen and oxygen atoms in total. The van der Waals surface area contributed by atoms with Crippen molar-refractivity contribution in [3.63, 3.8) is 0 Å². The summed E-state index contributed by atoms with van der Waals surface area (Å²) in [5.74, 6) is -0.383. The van der Waals surface area contributed by atoms with Gasteiger partial charge < -0.3 is 5.32 Å². The maximum absolute atomic E-state index is 13.5. The molecule has 2 aromatic carbocycles. The Labute approximate surface area is 147 Å². The van der Waals surface area contributed by atoms with Gasteiger partial charge in [0.2, 0.25) is 5.91 Å². The number of rotatable bonds is 4. The van der Waals surface area contributed by atoms with E-state index in [0.29, 0.717) is 23.4 Å². The molecule has 0 aliphatic carbocycles. The Bertz CT molecular complexity index is 1040. The van der Waals surface area contributed by atoms with E-state index in [4.69, 9.17) is 0 Å². The molecule has 0 aliphatic rings. The number of carbonyl (C=O) groups excluding carboxylic acids is 1. The molecule has 2 N–H and O–H groups in total. The number of amides is 1. The third-order valence-electron chi connectivity index (χ3n) is 3.86. The molecule has 0 atom stereocenters. The number of aromatic amines is 1. The Morgan fingerprint density at radius 1 is 1.16 bits per heavy atom. The van der Waals surface area contributed by atoms with Crippen molar-refractivity contribution in [2.45, 2.75) is 6.42 Å². The van der Waals surface area contributed by atoms with E-state index in [2.05, 4.69) is 15.5 Å². The molecule has 0 saturated heterocycles. The average Bonchev–Trinajstić information content (AvgIpc) is 3.24. The van der Waals surface area contributed by atoms with Gasteiger partial charge in [-0.05, 0) is 41.8 Å². The van der Waals surface area contributed by atoms with Crippen molar-refractivity contribution < 1.29 is 9.18 Å². The van der Waals surface area contributed by atoms with Crippen molar-refractivity contribution in [3.8, 4) is 11.3 Å². The Hall–Kier alpha value is -2.99. The van der Waals surface area contributed by atoms with E-state index in [1.807, 2.05) is 35.7 Å². The number of anilines is 1. The maximum atomic E-state index is 13.5. The van der Waals surface area contributed by atoms with Crippen LogP contribution in [0.15, 0.2) is 60.0 Å².